The number of hydrogen-bond donors (Lipinski definition) is 1. The molecule has 0 aliphatic heterocycles. The Labute approximate surface area is 137 Å². The van der Waals surface area contributed by atoms with Gasteiger partial charge in [0.25, 0.3) is 5.56 Å². The molecule has 0 unspecified atom stereocenters. The fraction of sp³-hybridized carbons (Fsp3) is 0.375. The van der Waals surface area contributed by atoms with Crippen LogP contribution in [-0.4, -0.2) is 15.2 Å². The zero-order chi connectivity index (χ0) is 18.0. The van der Waals surface area contributed by atoms with Crippen LogP contribution >= 0.6 is 0 Å². The van der Waals surface area contributed by atoms with Gasteiger partial charge < -0.3 is 0 Å². The fourth-order valence-corrected chi connectivity index (χ4v) is 1.90. The number of hydrogen-bond acceptors (Lipinski definition) is 4. The van der Waals surface area contributed by atoms with Crippen LogP contribution in [0.4, 0.5) is 13.2 Å². The summed E-state index contributed by atoms with van der Waals surface area (Å²) in [5.74, 6) is 0. The van der Waals surface area contributed by atoms with E-state index in [9.17, 15) is 18.0 Å². The summed E-state index contributed by atoms with van der Waals surface area (Å²) in [5.41, 5.74) is 1.65. The number of pyridine rings is 2. The molecule has 0 aliphatic rings. The van der Waals surface area contributed by atoms with Crippen LogP contribution in [0.2, 0.25) is 0 Å². The zero-order valence-electron chi connectivity index (χ0n) is 13.5. The number of nitrogens with zero attached hydrogens (tertiary/aromatic N) is 2. The van der Waals surface area contributed by atoms with Crippen molar-refractivity contribution < 1.29 is 18.0 Å². The molecule has 0 aliphatic carbocycles. The number of hydroxylamine groups is 1. The molecule has 0 radical (unpaired) electrons. The van der Waals surface area contributed by atoms with Crippen molar-refractivity contribution in [1.29, 1.82) is 0 Å². The van der Waals surface area contributed by atoms with Crippen LogP contribution in [0.25, 0.3) is 5.69 Å². The summed E-state index contributed by atoms with van der Waals surface area (Å²) >= 11 is 0. The summed E-state index contributed by atoms with van der Waals surface area (Å²) in [6, 6.07) is 5.15. The van der Waals surface area contributed by atoms with Gasteiger partial charge in [-0.05, 0) is 44.5 Å². The second-order valence-electron chi connectivity index (χ2n) is 6.18. The quantitative estimate of drug-likeness (QED) is 0.869. The van der Waals surface area contributed by atoms with E-state index in [1.165, 1.54) is 18.3 Å². The Kier molecular flexibility index (Phi) is 5.10. The molecule has 0 bridgehead atoms. The normalized spacial score (nSPS) is 12.4. The summed E-state index contributed by atoms with van der Waals surface area (Å²) in [7, 11) is 0. The summed E-state index contributed by atoms with van der Waals surface area (Å²) < 4.78 is 39.3. The number of aromatic nitrogens is 2. The Hall–Kier alpha value is -2.19. The van der Waals surface area contributed by atoms with Crippen molar-refractivity contribution in [3.05, 3.63) is 58.3 Å². The van der Waals surface area contributed by atoms with Gasteiger partial charge in [0.2, 0.25) is 0 Å². The van der Waals surface area contributed by atoms with Crippen LogP contribution in [0.3, 0.4) is 0 Å². The minimum Gasteiger partial charge on any atom is -0.296 e. The monoisotopic (exact) mass is 341 g/mol. The highest BCUT2D eigenvalue weighted by molar-refractivity contribution is 5.34. The van der Waals surface area contributed by atoms with E-state index in [4.69, 9.17) is 4.84 Å². The van der Waals surface area contributed by atoms with Crippen LogP contribution in [0.15, 0.2) is 41.5 Å². The van der Waals surface area contributed by atoms with Crippen molar-refractivity contribution in [2.45, 2.75) is 39.1 Å². The first-order valence-electron chi connectivity index (χ1n) is 7.22. The Morgan fingerprint density at radius 1 is 1.21 bits per heavy atom. The molecule has 5 nitrogen and oxygen atoms in total. The first-order valence-corrected chi connectivity index (χ1v) is 7.22. The van der Waals surface area contributed by atoms with Crippen molar-refractivity contribution in [3.63, 3.8) is 0 Å². The third-order valence-corrected chi connectivity index (χ3v) is 2.95. The van der Waals surface area contributed by atoms with Gasteiger partial charge in [-0.15, -0.1) is 0 Å². The molecule has 24 heavy (non-hydrogen) atoms. The molecule has 8 heteroatoms. The molecular weight excluding hydrogens is 323 g/mol. The summed E-state index contributed by atoms with van der Waals surface area (Å²) in [5, 5.41) is 0. The van der Waals surface area contributed by atoms with Crippen molar-refractivity contribution in [1.82, 2.24) is 15.0 Å². The van der Waals surface area contributed by atoms with Crippen LogP contribution in [-0.2, 0) is 17.6 Å². The molecule has 0 fully saturated rings. The molecule has 0 amide bonds. The maximum absolute atomic E-state index is 12.7. The molecule has 0 saturated heterocycles. The average molecular weight is 341 g/mol. The van der Waals surface area contributed by atoms with Crippen molar-refractivity contribution in [2.24, 2.45) is 0 Å². The van der Waals surface area contributed by atoms with Gasteiger partial charge in [0.05, 0.1) is 11.3 Å². The largest absolute Gasteiger partial charge is 0.433 e. The number of halogens is 3. The summed E-state index contributed by atoms with van der Waals surface area (Å²) in [4.78, 5) is 20.8. The van der Waals surface area contributed by atoms with E-state index in [0.717, 1.165) is 16.8 Å². The second-order valence-corrected chi connectivity index (χ2v) is 6.18. The predicted octanol–water partition coefficient (Wildman–Crippen LogP) is 3.07. The molecule has 2 heterocycles. The lowest BCUT2D eigenvalue weighted by molar-refractivity contribution is -0.141. The Balaban J connectivity index is 2.20. The van der Waals surface area contributed by atoms with Crippen LogP contribution < -0.4 is 11.0 Å². The van der Waals surface area contributed by atoms with Crippen molar-refractivity contribution in [2.75, 3.05) is 0 Å². The highest BCUT2D eigenvalue weighted by Crippen LogP contribution is 2.28. The molecule has 0 saturated carbocycles. The van der Waals surface area contributed by atoms with Gasteiger partial charge in [-0.25, -0.2) is 0 Å². The van der Waals surface area contributed by atoms with E-state index in [1.54, 1.807) is 6.07 Å². The van der Waals surface area contributed by atoms with Crippen molar-refractivity contribution >= 4 is 0 Å². The lowest BCUT2D eigenvalue weighted by Gasteiger charge is -2.19. The number of rotatable bonds is 4. The molecule has 0 aromatic carbocycles. The molecule has 2 aromatic heterocycles. The van der Waals surface area contributed by atoms with E-state index >= 15 is 0 Å². The van der Waals surface area contributed by atoms with Gasteiger partial charge >= 0.3 is 6.18 Å². The maximum atomic E-state index is 12.7. The topological polar surface area (TPSA) is 56.1 Å². The van der Waals surface area contributed by atoms with Gasteiger partial charge in [0, 0.05) is 25.0 Å². The van der Waals surface area contributed by atoms with E-state index in [1.807, 2.05) is 20.8 Å². The zero-order valence-corrected chi connectivity index (χ0v) is 13.5. The highest BCUT2D eigenvalue weighted by atomic mass is 19.4. The van der Waals surface area contributed by atoms with E-state index in [2.05, 4.69) is 10.5 Å². The number of nitrogens with one attached hydrogen (secondary N) is 1. The van der Waals surface area contributed by atoms with Gasteiger partial charge in [-0.2, -0.15) is 18.7 Å². The summed E-state index contributed by atoms with van der Waals surface area (Å²) in [6.45, 7) is 5.93. The van der Waals surface area contributed by atoms with E-state index < -0.39 is 17.4 Å². The average Bonchev–Trinajstić information content (AvgIpc) is 2.45. The van der Waals surface area contributed by atoms with E-state index in [0.29, 0.717) is 12.1 Å². The second kappa shape index (κ2) is 6.74. The van der Waals surface area contributed by atoms with Crippen LogP contribution in [0, 0.1) is 0 Å². The third-order valence-electron chi connectivity index (χ3n) is 2.95. The highest BCUT2D eigenvalue weighted by Gasteiger charge is 2.32. The molecular formula is C16H18F3N3O2. The van der Waals surface area contributed by atoms with Gasteiger partial charge in [-0.3, -0.25) is 19.2 Å². The molecule has 1 N–H and O–H groups in total. The molecule has 0 atom stereocenters. The van der Waals surface area contributed by atoms with Crippen molar-refractivity contribution in [3.8, 4) is 5.69 Å². The molecule has 2 rings (SSSR count). The Bertz CT molecular complexity index is 764. The van der Waals surface area contributed by atoms with Gasteiger partial charge in [0.1, 0.15) is 5.69 Å². The minimum absolute atomic E-state index is 0.104. The third kappa shape index (κ3) is 4.90. The Morgan fingerprint density at radius 2 is 1.92 bits per heavy atom. The smallest absolute Gasteiger partial charge is 0.296 e. The lowest BCUT2D eigenvalue weighted by atomic mass is 10.2. The maximum Gasteiger partial charge on any atom is 0.433 e. The Morgan fingerprint density at radius 3 is 2.50 bits per heavy atom. The first kappa shape index (κ1) is 18.2. The van der Waals surface area contributed by atoms with Crippen LogP contribution in [0.5, 0.6) is 0 Å². The lowest BCUT2D eigenvalue weighted by Crippen LogP contribution is -2.29. The molecule has 0 spiro atoms. The van der Waals surface area contributed by atoms with Gasteiger partial charge in [0.15, 0.2) is 0 Å². The number of alkyl halides is 3. The van der Waals surface area contributed by atoms with Gasteiger partial charge in [-0.1, -0.05) is 0 Å². The molecule has 2 aromatic rings. The standard InChI is InChI=1S/C16H18F3N3O2/c1-15(2,3)24-21-10-11-5-7-22(14(23)8-11)12-4-6-20-13(9-12)16(17,18)19/h4-9,21H,10H2,1-3H3. The SMILES string of the molecule is CC(C)(C)ONCc1ccn(-c2ccnc(C(F)(F)F)c2)c(=O)c1. The molecule has 130 valence electrons. The fourth-order valence-electron chi connectivity index (χ4n) is 1.90. The predicted molar refractivity (Wildman–Crippen MR) is 82.5 cm³/mol. The first-order chi connectivity index (χ1) is 11.1. The summed E-state index contributed by atoms with van der Waals surface area (Å²) in [6.07, 6.45) is -2.11. The minimum atomic E-state index is -4.56. The van der Waals surface area contributed by atoms with Crippen LogP contribution in [0.1, 0.15) is 32.0 Å². The van der Waals surface area contributed by atoms with E-state index in [-0.39, 0.29) is 11.3 Å².